The third kappa shape index (κ3) is 3.30. The van der Waals surface area contributed by atoms with Crippen LogP contribution in [0.4, 0.5) is 0 Å². The van der Waals surface area contributed by atoms with Crippen LogP contribution in [-0.2, 0) is 11.3 Å². The molecule has 2 heterocycles. The molecular weight excluding hydrogens is 222 g/mol. The number of ether oxygens (including phenoxy) is 1. The summed E-state index contributed by atoms with van der Waals surface area (Å²) in [5, 5.41) is 6.91. The molecule has 0 radical (unpaired) electrons. The molecule has 0 aliphatic carbocycles. The molecule has 0 unspecified atom stereocenters. The zero-order chi connectivity index (χ0) is 11.9. The second kappa shape index (κ2) is 6.02. The van der Waals surface area contributed by atoms with E-state index in [1.165, 1.54) is 0 Å². The summed E-state index contributed by atoms with van der Waals surface area (Å²) in [5.74, 6) is 1.36. The highest BCUT2D eigenvalue weighted by Gasteiger charge is 2.09. The predicted molar refractivity (Wildman–Crippen MR) is 58.9 cm³/mol. The molecule has 1 N–H and O–H groups in total. The smallest absolute Gasteiger partial charge is 0.241 e. The van der Waals surface area contributed by atoms with E-state index in [9.17, 15) is 0 Å². The van der Waals surface area contributed by atoms with Gasteiger partial charge in [0.1, 0.15) is 0 Å². The third-order valence-electron chi connectivity index (χ3n) is 1.99. The highest BCUT2D eigenvalue weighted by atomic mass is 16.5. The van der Waals surface area contributed by atoms with E-state index in [0.717, 1.165) is 6.54 Å². The molecule has 0 aliphatic heterocycles. The molecule has 0 saturated heterocycles. The fraction of sp³-hybridized carbons (Fsp3) is 0.400. The molecule has 2 aromatic rings. The lowest BCUT2D eigenvalue weighted by Crippen LogP contribution is -2.18. The van der Waals surface area contributed by atoms with Crippen LogP contribution in [0.5, 0.6) is 0 Å². The topological polar surface area (TPSA) is 86.0 Å². The number of methoxy groups -OCH3 is 1. The number of aromatic nitrogens is 4. The number of hydrogen-bond acceptors (Lipinski definition) is 7. The Morgan fingerprint density at radius 2 is 2.12 bits per heavy atom. The van der Waals surface area contributed by atoms with E-state index >= 15 is 0 Å². The molecule has 0 aliphatic rings. The molecule has 2 rings (SSSR count). The van der Waals surface area contributed by atoms with Crippen molar-refractivity contribution < 1.29 is 9.26 Å². The summed E-state index contributed by atoms with van der Waals surface area (Å²) in [5.41, 5.74) is 0. The molecule has 17 heavy (non-hydrogen) atoms. The van der Waals surface area contributed by atoms with Crippen LogP contribution < -0.4 is 5.32 Å². The number of rotatable bonds is 6. The molecule has 0 fully saturated rings. The van der Waals surface area contributed by atoms with Crippen molar-refractivity contribution in [3.63, 3.8) is 0 Å². The molecule has 0 aromatic carbocycles. The van der Waals surface area contributed by atoms with Crippen LogP contribution in [0, 0.1) is 0 Å². The van der Waals surface area contributed by atoms with Crippen LogP contribution in [-0.4, -0.2) is 40.4 Å². The Morgan fingerprint density at radius 3 is 2.88 bits per heavy atom. The first-order valence-corrected chi connectivity index (χ1v) is 5.20. The van der Waals surface area contributed by atoms with Gasteiger partial charge in [0.2, 0.25) is 17.5 Å². The number of hydrogen-bond donors (Lipinski definition) is 1. The third-order valence-corrected chi connectivity index (χ3v) is 1.99. The van der Waals surface area contributed by atoms with E-state index in [4.69, 9.17) is 9.26 Å². The number of nitrogens with zero attached hydrogens (tertiary/aromatic N) is 4. The molecule has 0 amide bonds. The zero-order valence-corrected chi connectivity index (χ0v) is 9.46. The van der Waals surface area contributed by atoms with Crippen molar-refractivity contribution in [1.82, 2.24) is 25.4 Å². The normalized spacial score (nSPS) is 10.6. The molecule has 90 valence electrons. The van der Waals surface area contributed by atoms with E-state index in [2.05, 4.69) is 25.4 Å². The minimum Gasteiger partial charge on any atom is -0.383 e. The van der Waals surface area contributed by atoms with Gasteiger partial charge in [-0.2, -0.15) is 4.98 Å². The maximum atomic E-state index is 5.05. The van der Waals surface area contributed by atoms with Crippen LogP contribution >= 0.6 is 0 Å². The van der Waals surface area contributed by atoms with Gasteiger partial charge < -0.3 is 14.6 Å². The van der Waals surface area contributed by atoms with Gasteiger partial charge in [-0.25, -0.2) is 9.97 Å². The Hall–Kier alpha value is -1.86. The number of nitrogens with one attached hydrogen (secondary N) is 1. The summed E-state index contributed by atoms with van der Waals surface area (Å²) in [6, 6.07) is 1.73. The molecule has 2 aromatic heterocycles. The van der Waals surface area contributed by atoms with E-state index in [0.29, 0.717) is 30.7 Å². The zero-order valence-electron chi connectivity index (χ0n) is 9.46. The fourth-order valence-corrected chi connectivity index (χ4v) is 1.20. The summed E-state index contributed by atoms with van der Waals surface area (Å²) in [4.78, 5) is 12.2. The second-order valence-electron chi connectivity index (χ2n) is 3.25. The van der Waals surface area contributed by atoms with Gasteiger partial charge in [-0.05, 0) is 6.07 Å². The summed E-state index contributed by atoms with van der Waals surface area (Å²) < 4.78 is 9.96. The lowest BCUT2D eigenvalue weighted by molar-refractivity contribution is 0.197. The van der Waals surface area contributed by atoms with Crippen molar-refractivity contribution in [2.45, 2.75) is 6.54 Å². The SMILES string of the molecule is COCCNCc1nc(-c2ncccn2)no1. The minimum atomic E-state index is 0.397. The van der Waals surface area contributed by atoms with Gasteiger partial charge in [-0.15, -0.1) is 0 Å². The molecule has 0 atom stereocenters. The summed E-state index contributed by atoms with van der Waals surface area (Å²) >= 11 is 0. The molecule has 7 nitrogen and oxygen atoms in total. The average molecular weight is 235 g/mol. The summed E-state index contributed by atoms with van der Waals surface area (Å²) in [7, 11) is 1.65. The van der Waals surface area contributed by atoms with Gasteiger partial charge in [-0.1, -0.05) is 5.16 Å². The van der Waals surface area contributed by atoms with Gasteiger partial charge in [0, 0.05) is 26.0 Å². The minimum absolute atomic E-state index is 0.397. The van der Waals surface area contributed by atoms with Crippen LogP contribution in [0.25, 0.3) is 11.6 Å². The van der Waals surface area contributed by atoms with Crippen molar-refractivity contribution in [2.75, 3.05) is 20.3 Å². The highest BCUT2D eigenvalue weighted by Crippen LogP contribution is 2.08. The van der Waals surface area contributed by atoms with Crippen molar-refractivity contribution in [3.05, 3.63) is 24.4 Å². The Kier molecular flexibility index (Phi) is 4.11. The Bertz CT molecular complexity index is 445. The average Bonchev–Trinajstić information content (AvgIpc) is 2.85. The van der Waals surface area contributed by atoms with Crippen LogP contribution in [0.3, 0.4) is 0 Å². The Balaban J connectivity index is 1.92. The van der Waals surface area contributed by atoms with Gasteiger partial charge in [0.05, 0.1) is 13.2 Å². The maximum absolute atomic E-state index is 5.05. The van der Waals surface area contributed by atoms with Gasteiger partial charge >= 0.3 is 0 Å². The van der Waals surface area contributed by atoms with Gasteiger partial charge in [0.25, 0.3) is 0 Å². The van der Waals surface area contributed by atoms with Crippen LogP contribution in [0.1, 0.15) is 5.89 Å². The standard InChI is InChI=1S/C10H13N5O2/c1-16-6-5-11-7-8-14-10(15-17-8)9-12-3-2-4-13-9/h2-4,11H,5-7H2,1H3. The second-order valence-corrected chi connectivity index (χ2v) is 3.25. The van der Waals surface area contributed by atoms with Gasteiger partial charge in [-0.3, -0.25) is 0 Å². The van der Waals surface area contributed by atoms with E-state index in [1.54, 1.807) is 25.6 Å². The van der Waals surface area contributed by atoms with E-state index < -0.39 is 0 Å². The van der Waals surface area contributed by atoms with Crippen molar-refractivity contribution >= 4 is 0 Å². The first kappa shape index (κ1) is 11.6. The molecule has 0 spiro atoms. The van der Waals surface area contributed by atoms with Crippen molar-refractivity contribution in [3.8, 4) is 11.6 Å². The lowest BCUT2D eigenvalue weighted by Gasteiger charge is -1.98. The first-order valence-electron chi connectivity index (χ1n) is 5.20. The monoisotopic (exact) mass is 235 g/mol. The van der Waals surface area contributed by atoms with Crippen LogP contribution in [0.2, 0.25) is 0 Å². The first-order chi connectivity index (χ1) is 8.40. The predicted octanol–water partition coefficient (Wildman–Crippen LogP) is 0.263. The van der Waals surface area contributed by atoms with E-state index in [-0.39, 0.29) is 0 Å². The molecule has 7 heteroatoms. The highest BCUT2D eigenvalue weighted by molar-refractivity contribution is 5.40. The maximum Gasteiger partial charge on any atom is 0.241 e. The Labute approximate surface area is 98.2 Å². The summed E-state index contributed by atoms with van der Waals surface area (Å²) in [6.07, 6.45) is 3.27. The van der Waals surface area contributed by atoms with Gasteiger partial charge in [0.15, 0.2) is 0 Å². The van der Waals surface area contributed by atoms with E-state index in [1.807, 2.05) is 0 Å². The Morgan fingerprint density at radius 1 is 1.29 bits per heavy atom. The quantitative estimate of drug-likeness (QED) is 0.719. The fourth-order valence-electron chi connectivity index (χ4n) is 1.20. The molecule has 0 saturated carbocycles. The van der Waals surface area contributed by atoms with Crippen LogP contribution in [0.15, 0.2) is 23.0 Å². The van der Waals surface area contributed by atoms with Crippen molar-refractivity contribution in [2.24, 2.45) is 0 Å². The lowest BCUT2D eigenvalue weighted by atomic mass is 10.5. The largest absolute Gasteiger partial charge is 0.383 e. The summed E-state index contributed by atoms with van der Waals surface area (Å²) in [6.45, 7) is 1.88. The molecular formula is C10H13N5O2. The van der Waals surface area contributed by atoms with Crippen molar-refractivity contribution in [1.29, 1.82) is 0 Å². The molecule has 0 bridgehead atoms.